The molecular formula is C10H18N4O4S. The minimum Gasteiger partial charge on any atom is -0.390 e. The van der Waals surface area contributed by atoms with Gasteiger partial charge in [-0.15, -0.1) is 5.10 Å². The minimum atomic E-state index is -3.18. The van der Waals surface area contributed by atoms with Crippen molar-refractivity contribution >= 4 is 9.84 Å². The molecule has 0 amide bonds. The summed E-state index contributed by atoms with van der Waals surface area (Å²) in [6.45, 7) is 1.83. The summed E-state index contributed by atoms with van der Waals surface area (Å²) in [5, 5.41) is 20.7. The molecule has 2 rings (SSSR count). The summed E-state index contributed by atoms with van der Waals surface area (Å²) in [5.74, 6) is -0.299. The highest BCUT2D eigenvalue weighted by atomic mass is 32.2. The number of hydrogen-bond acceptors (Lipinski definition) is 7. The van der Waals surface area contributed by atoms with Crippen LogP contribution in [0.4, 0.5) is 0 Å². The number of aliphatic hydroxyl groups is 1. The molecule has 0 aromatic carbocycles. The van der Waals surface area contributed by atoms with Gasteiger partial charge in [0.1, 0.15) is 0 Å². The number of rotatable bonds is 6. The molecular weight excluding hydrogens is 272 g/mol. The molecule has 0 aliphatic carbocycles. The van der Waals surface area contributed by atoms with Gasteiger partial charge in [-0.1, -0.05) is 5.21 Å². The van der Waals surface area contributed by atoms with E-state index in [2.05, 4.69) is 15.6 Å². The zero-order valence-electron chi connectivity index (χ0n) is 10.7. The van der Waals surface area contributed by atoms with Gasteiger partial charge < -0.3 is 15.2 Å². The van der Waals surface area contributed by atoms with E-state index < -0.39 is 22.0 Å². The number of aromatic nitrogens is 3. The second kappa shape index (κ2) is 5.95. The highest BCUT2D eigenvalue weighted by Crippen LogP contribution is 2.23. The van der Waals surface area contributed by atoms with Crippen LogP contribution >= 0.6 is 0 Å². The summed E-state index contributed by atoms with van der Waals surface area (Å²) >= 11 is 0. The third kappa shape index (κ3) is 3.72. The smallest absolute Gasteiger partial charge is 0.155 e. The normalized spacial score (nSPS) is 25.8. The first-order chi connectivity index (χ1) is 9.02. The van der Waals surface area contributed by atoms with Crippen molar-refractivity contribution in [1.29, 1.82) is 0 Å². The molecule has 1 aliphatic heterocycles. The summed E-state index contributed by atoms with van der Waals surface area (Å²) in [5.41, 5.74) is 0.701. The molecule has 1 saturated heterocycles. The lowest BCUT2D eigenvalue weighted by atomic mass is 10.2. The number of methoxy groups -OCH3 is 1. The lowest BCUT2D eigenvalue weighted by molar-refractivity contribution is 0.145. The second-order valence-corrected chi connectivity index (χ2v) is 6.72. The third-order valence-electron chi connectivity index (χ3n) is 2.98. The molecule has 1 aliphatic rings. The van der Waals surface area contributed by atoms with E-state index in [0.717, 1.165) is 0 Å². The van der Waals surface area contributed by atoms with Gasteiger partial charge in [-0.25, -0.2) is 13.1 Å². The summed E-state index contributed by atoms with van der Waals surface area (Å²) in [7, 11) is -1.55. The van der Waals surface area contributed by atoms with Crippen molar-refractivity contribution in [2.24, 2.45) is 0 Å². The SMILES string of the molecule is COCCNCc1cn(C2CS(=O)(=O)CC2O)nn1. The fourth-order valence-electron chi connectivity index (χ4n) is 2.01. The monoisotopic (exact) mass is 290 g/mol. The summed E-state index contributed by atoms with van der Waals surface area (Å²) in [4.78, 5) is 0. The molecule has 2 heterocycles. The average molecular weight is 290 g/mol. The number of aliphatic hydroxyl groups excluding tert-OH is 1. The highest BCUT2D eigenvalue weighted by Gasteiger charge is 2.38. The Labute approximate surface area is 111 Å². The lowest BCUT2D eigenvalue weighted by Crippen LogP contribution is -2.22. The Morgan fingerprint density at radius 1 is 1.58 bits per heavy atom. The predicted octanol–water partition coefficient (Wildman–Crippen LogP) is -1.66. The van der Waals surface area contributed by atoms with Crippen LogP contribution in [-0.4, -0.2) is 66.4 Å². The standard InChI is InChI=1S/C10H18N4O4S/c1-18-3-2-11-4-8-5-14(13-12-8)9-6-19(16,17)7-10(9)15/h5,9-11,15H,2-4,6-7H2,1H3. The Morgan fingerprint density at radius 3 is 3.00 bits per heavy atom. The Morgan fingerprint density at radius 2 is 2.37 bits per heavy atom. The van der Waals surface area contributed by atoms with E-state index in [9.17, 15) is 13.5 Å². The van der Waals surface area contributed by atoms with Crippen molar-refractivity contribution < 1.29 is 18.3 Å². The van der Waals surface area contributed by atoms with Gasteiger partial charge >= 0.3 is 0 Å². The number of ether oxygens (including phenoxy) is 1. The largest absolute Gasteiger partial charge is 0.390 e. The molecule has 9 heteroatoms. The molecule has 1 aromatic heterocycles. The molecule has 0 bridgehead atoms. The Kier molecular flexibility index (Phi) is 4.50. The molecule has 0 saturated carbocycles. The summed E-state index contributed by atoms with van der Waals surface area (Å²) < 4.78 is 29.2. The van der Waals surface area contributed by atoms with Crippen LogP contribution in [0.15, 0.2) is 6.20 Å². The van der Waals surface area contributed by atoms with Crippen molar-refractivity contribution in [3.63, 3.8) is 0 Å². The Balaban J connectivity index is 1.94. The number of nitrogens with one attached hydrogen (secondary N) is 1. The van der Waals surface area contributed by atoms with Crippen LogP contribution in [0.2, 0.25) is 0 Å². The van der Waals surface area contributed by atoms with Crippen LogP contribution in [0, 0.1) is 0 Å². The van der Waals surface area contributed by atoms with Crippen molar-refractivity contribution in [3.05, 3.63) is 11.9 Å². The number of sulfone groups is 1. The van der Waals surface area contributed by atoms with E-state index in [1.54, 1.807) is 13.3 Å². The van der Waals surface area contributed by atoms with Crippen LogP contribution in [0.3, 0.4) is 0 Å². The average Bonchev–Trinajstić information content (AvgIpc) is 2.89. The van der Waals surface area contributed by atoms with Crippen LogP contribution in [-0.2, 0) is 21.1 Å². The molecule has 2 N–H and O–H groups in total. The quantitative estimate of drug-likeness (QED) is 0.604. The van der Waals surface area contributed by atoms with E-state index in [-0.39, 0.29) is 11.5 Å². The van der Waals surface area contributed by atoms with Crippen LogP contribution < -0.4 is 5.32 Å². The molecule has 0 spiro atoms. The maximum absolute atomic E-state index is 11.4. The molecule has 108 valence electrons. The third-order valence-corrected chi connectivity index (χ3v) is 4.68. The maximum atomic E-state index is 11.4. The number of nitrogens with zero attached hydrogens (tertiary/aromatic N) is 3. The van der Waals surface area contributed by atoms with E-state index in [4.69, 9.17) is 4.74 Å². The Bertz CT molecular complexity index is 515. The molecule has 1 aromatic rings. The fraction of sp³-hybridized carbons (Fsp3) is 0.800. The maximum Gasteiger partial charge on any atom is 0.155 e. The summed E-state index contributed by atoms with van der Waals surface area (Å²) in [6.07, 6.45) is 0.745. The van der Waals surface area contributed by atoms with Gasteiger partial charge in [0.25, 0.3) is 0 Å². The van der Waals surface area contributed by atoms with Crippen molar-refractivity contribution in [2.45, 2.75) is 18.7 Å². The molecule has 1 fully saturated rings. The lowest BCUT2D eigenvalue weighted by Gasteiger charge is -2.11. The van der Waals surface area contributed by atoms with Crippen LogP contribution in [0.25, 0.3) is 0 Å². The molecule has 0 radical (unpaired) electrons. The minimum absolute atomic E-state index is 0.0892. The van der Waals surface area contributed by atoms with Crippen molar-refractivity contribution in [1.82, 2.24) is 20.3 Å². The molecule has 8 nitrogen and oxygen atoms in total. The first-order valence-electron chi connectivity index (χ1n) is 6.00. The van der Waals surface area contributed by atoms with Gasteiger partial charge in [0.05, 0.1) is 42.1 Å². The van der Waals surface area contributed by atoms with E-state index in [0.29, 0.717) is 25.4 Å². The van der Waals surface area contributed by atoms with Crippen LogP contribution in [0.5, 0.6) is 0 Å². The Hall–Kier alpha value is -1.03. The zero-order valence-corrected chi connectivity index (χ0v) is 11.5. The van der Waals surface area contributed by atoms with Gasteiger partial charge in [0.2, 0.25) is 0 Å². The fourth-order valence-corrected chi connectivity index (χ4v) is 3.78. The molecule has 2 unspecified atom stereocenters. The molecule has 2 atom stereocenters. The van der Waals surface area contributed by atoms with Crippen LogP contribution in [0.1, 0.15) is 11.7 Å². The molecule has 19 heavy (non-hydrogen) atoms. The summed E-state index contributed by atoms with van der Waals surface area (Å²) in [6, 6.07) is -0.537. The highest BCUT2D eigenvalue weighted by molar-refractivity contribution is 7.91. The first-order valence-corrected chi connectivity index (χ1v) is 7.83. The van der Waals surface area contributed by atoms with E-state index in [1.807, 2.05) is 0 Å². The van der Waals surface area contributed by atoms with Crippen molar-refractivity contribution in [2.75, 3.05) is 31.8 Å². The van der Waals surface area contributed by atoms with Gasteiger partial charge in [-0.05, 0) is 0 Å². The van der Waals surface area contributed by atoms with Gasteiger partial charge in [-0.2, -0.15) is 0 Å². The zero-order chi connectivity index (χ0) is 13.9. The predicted molar refractivity (Wildman–Crippen MR) is 67.3 cm³/mol. The van der Waals surface area contributed by atoms with Gasteiger partial charge in [-0.3, -0.25) is 0 Å². The second-order valence-electron chi connectivity index (χ2n) is 4.57. The van der Waals surface area contributed by atoms with Gasteiger partial charge in [0.15, 0.2) is 9.84 Å². The van der Waals surface area contributed by atoms with Gasteiger partial charge in [0, 0.05) is 20.2 Å². The van der Waals surface area contributed by atoms with E-state index >= 15 is 0 Å². The van der Waals surface area contributed by atoms with E-state index in [1.165, 1.54) is 4.68 Å². The number of hydrogen-bond donors (Lipinski definition) is 2. The first kappa shape index (κ1) is 14.4. The topological polar surface area (TPSA) is 106 Å². The van der Waals surface area contributed by atoms with Crippen molar-refractivity contribution in [3.8, 4) is 0 Å².